The molecule has 1 fully saturated rings. The molecule has 0 aromatic carbocycles. The van der Waals surface area contributed by atoms with Crippen LogP contribution in [0.25, 0.3) is 0 Å². The molecule has 0 aliphatic heterocycles. The van der Waals surface area contributed by atoms with Crippen LogP contribution in [-0.4, -0.2) is 18.8 Å². The van der Waals surface area contributed by atoms with Crippen molar-refractivity contribution in [2.75, 3.05) is 7.11 Å². The van der Waals surface area contributed by atoms with E-state index in [1.807, 2.05) is 7.11 Å². The Kier molecular flexibility index (Phi) is 4.85. The average molecular weight is 200 g/mol. The van der Waals surface area contributed by atoms with Crippen molar-refractivity contribution < 1.29 is 4.74 Å². The van der Waals surface area contributed by atoms with Crippen LogP contribution >= 0.6 is 0 Å². The third kappa shape index (κ3) is 2.47. The summed E-state index contributed by atoms with van der Waals surface area (Å²) in [6, 6.07) is 0.317. The fourth-order valence-corrected chi connectivity index (χ4v) is 2.63. The van der Waals surface area contributed by atoms with Crippen molar-refractivity contribution in [1.29, 1.82) is 0 Å². The predicted octanol–water partition coefficient (Wildman–Crippen LogP) is 1.97. The minimum atomic E-state index is 0.00299. The quantitative estimate of drug-likeness (QED) is 0.527. The third-order valence-electron chi connectivity index (χ3n) is 3.52. The molecule has 0 heterocycles. The van der Waals surface area contributed by atoms with Crippen LogP contribution in [0.5, 0.6) is 0 Å². The monoisotopic (exact) mass is 200 g/mol. The van der Waals surface area contributed by atoms with E-state index in [2.05, 4.69) is 12.3 Å². The molecular weight excluding hydrogens is 176 g/mol. The number of hydrazine groups is 1. The topological polar surface area (TPSA) is 47.3 Å². The van der Waals surface area contributed by atoms with E-state index in [-0.39, 0.29) is 5.60 Å². The molecule has 3 heteroatoms. The molecule has 0 aromatic rings. The first kappa shape index (κ1) is 12.0. The second-order valence-corrected chi connectivity index (χ2v) is 4.34. The maximum absolute atomic E-state index is 5.74. The van der Waals surface area contributed by atoms with Crippen LogP contribution in [-0.2, 0) is 4.74 Å². The maximum atomic E-state index is 5.74. The van der Waals surface area contributed by atoms with Gasteiger partial charge in [0.1, 0.15) is 0 Å². The van der Waals surface area contributed by atoms with E-state index < -0.39 is 0 Å². The first-order valence-corrected chi connectivity index (χ1v) is 5.80. The van der Waals surface area contributed by atoms with Crippen molar-refractivity contribution in [3.05, 3.63) is 0 Å². The van der Waals surface area contributed by atoms with Crippen LogP contribution in [0.1, 0.15) is 51.9 Å². The van der Waals surface area contributed by atoms with Crippen LogP contribution in [0, 0.1) is 0 Å². The van der Waals surface area contributed by atoms with Gasteiger partial charge in [-0.1, -0.05) is 32.6 Å². The smallest absolute Gasteiger partial charge is 0.0844 e. The molecule has 0 bridgehead atoms. The lowest BCUT2D eigenvalue weighted by Crippen LogP contribution is -2.55. The van der Waals surface area contributed by atoms with E-state index >= 15 is 0 Å². The Morgan fingerprint density at radius 1 is 1.36 bits per heavy atom. The molecule has 1 atom stereocenters. The van der Waals surface area contributed by atoms with Gasteiger partial charge in [0.05, 0.1) is 11.6 Å². The summed E-state index contributed by atoms with van der Waals surface area (Å²) >= 11 is 0. The van der Waals surface area contributed by atoms with Crippen LogP contribution in [0.3, 0.4) is 0 Å². The Bertz CT molecular complexity index is 155. The summed E-state index contributed by atoms with van der Waals surface area (Å²) in [7, 11) is 1.82. The van der Waals surface area contributed by atoms with Gasteiger partial charge in [-0.25, -0.2) is 0 Å². The van der Waals surface area contributed by atoms with Gasteiger partial charge in [0, 0.05) is 7.11 Å². The normalized spacial score (nSPS) is 23.4. The molecule has 84 valence electrons. The van der Waals surface area contributed by atoms with E-state index in [0.717, 1.165) is 25.7 Å². The van der Waals surface area contributed by atoms with E-state index in [4.69, 9.17) is 10.6 Å². The van der Waals surface area contributed by atoms with Crippen molar-refractivity contribution in [2.45, 2.75) is 63.5 Å². The van der Waals surface area contributed by atoms with Gasteiger partial charge >= 0.3 is 0 Å². The summed E-state index contributed by atoms with van der Waals surface area (Å²) < 4.78 is 5.74. The lowest BCUT2D eigenvalue weighted by atomic mass is 9.78. The highest BCUT2D eigenvalue weighted by molar-refractivity contribution is 4.94. The fraction of sp³-hybridized carbons (Fsp3) is 1.00. The highest BCUT2D eigenvalue weighted by atomic mass is 16.5. The molecule has 1 unspecified atom stereocenters. The minimum absolute atomic E-state index is 0.00299. The van der Waals surface area contributed by atoms with E-state index in [1.54, 1.807) is 0 Å². The average Bonchev–Trinajstić information content (AvgIpc) is 2.27. The number of hydrogen-bond donors (Lipinski definition) is 2. The lowest BCUT2D eigenvalue weighted by molar-refractivity contribution is -0.0694. The molecule has 3 nitrogen and oxygen atoms in total. The van der Waals surface area contributed by atoms with Gasteiger partial charge in [-0.05, 0) is 19.3 Å². The minimum Gasteiger partial charge on any atom is -0.377 e. The Labute approximate surface area is 87.4 Å². The molecule has 1 saturated carbocycles. The van der Waals surface area contributed by atoms with E-state index in [9.17, 15) is 0 Å². The van der Waals surface area contributed by atoms with Crippen LogP contribution < -0.4 is 11.3 Å². The third-order valence-corrected chi connectivity index (χ3v) is 3.52. The summed E-state index contributed by atoms with van der Waals surface area (Å²) in [6.07, 6.45) is 8.45. The zero-order valence-corrected chi connectivity index (χ0v) is 9.51. The highest BCUT2D eigenvalue weighted by Gasteiger charge is 2.38. The molecule has 0 spiro atoms. The summed E-state index contributed by atoms with van der Waals surface area (Å²) in [5.74, 6) is 5.62. The SMILES string of the molecule is CCCC(NN)C1(OC)CCCCC1. The van der Waals surface area contributed by atoms with Gasteiger partial charge < -0.3 is 4.74 Å². The van der Waals surface area contributed by atoms with E-state index in [1.165, 1.54) is 19.3 Å². The van der Waals surface area contributed by atoms with Gasteiger partial charge in [0.2, 0.25) is 0 Å². The Morgan fingerprint density at radius 2 is 2.00 bits per heavy atom. The molecule has 1 rings (SSSR count). The fourth-order valence-electron chi connectivity index (χ4n) is 2.63. The predicted molar refractivity (Wildman–Crippen MR) is 58.8 cm³/mol. The van der Waals surface area contributed by atoms with Crippen molar-refractivity contribution in [1.82, 2.24) is 5.43 Å². The van der Waals surface area contributed by atoms with Crippen LogP contribution in [0.2, 0.25) is 0 Å². The summed E-state index contributed by atoms with van der Waals surface area (Å²) in [5.41, 5.74) is 2.94. The second kappa shape index (κ2) is 5.69. The molecule has 14 heavy (non-hydrogen) atoms. The zero-order chi connectivity index (χ0) is 10.4. The van der Waals surface area contributed by atoms with E-state index in [0.29, 0.717) is 6.04 Å². The van der Waals surface area contributed by atoms with Gasteiger partial charge in [-0.3, -0.25) is 11.3 Å². The highest BCUT2D eigenvalue weighted by Crippen LogP contribution is 2.35. The molecule has 1 aliphatic carbocycles. The zero-order valence-electron chi connectivity index (χ0n) is 9.51. The lowest BCUT2D eigenvalue weighted by Gasteiger charge is -2.42. The Balaban J connectivity index is 2.63. The second-order valence-electron chi connectivity index (χ2n) is 4.34. The Morgan fingerprint density at radius 3 is 2.43 bits per heavy atom. The van der Waals surface area contributed by atoms with Gasteiger partial charge in [0.15, 0.2) is 0 Å². The van der Waals surface area contributed by atoms with Crippen LogP contribution in [0.15, 0.2) is 0 Å². The van der Waals surface area contributed by atoms with Gasteiger partial charge in [0.25, 0.3) is 0 Å². The standard InChI is InChI=1S/C11H24N2O/c1-3-7-10(13-12)11(14-2)8-5-4-6-9-11/h10,13H,3-9,12H2,1-2H3. The number of hydrogen-bond acceptors (Lipinski definition) is 3. The van der Waals surface area contributed by atoms with Crippen molar-refractivity contribution in [3.8, 4) is 0 Å². The molecule has 3 N–H and O–H groups in total. The number of rotatable bonds is 5. The molecule has 0 saturated heterocycles. The molecule has 0 aromatic heterocycles. The van der Waals surface area contributed by atoms with Gasteiger partial charge in [-0.15, -0.1) is 0 Å². The summed E-state index contributed by atoms with van der Waals surface area (Å²) in [5, 5.41) is 0. The number of methoxy groups -OCH3 is 1. The number of nitrogens with one attached hydrogen (secondary N) is 1. The number of nitrogens with two attached hydrogens (primary N) is 1. The molecule has 1 aliphatic rings. The Hall–Kier alpha value is -0.120. The first-order chi connectivity index (χ1) is 6.79. The molecule has 0 radical (unpaired) electrons. The molecule has 0 amide bonds. The largest absolute Gasteiger partial charge is 0.377 e. The summed E-state index contributed by atoms with van der Waals surface area (Å²) in [6.45, 7) is 2.19. The maximum Gasteiger partial charge on any atom is 0.0844 e. The van der Waals surface area contributed by atoms with Gasteiger partial charge in [-0.2, -0.15) is 0 Å². The van der Waals surface area contributed by atoms with Crippen LogP contribution in [0.4, 0.5) is 0 Å². The van der Waals surface area contributed by atoms with Crippen molar-refractivity contribution in [2.24, 2.45) is 5.84 Å². The number of ether oxygens (including phenoxy) is 1. The van der Waals surface area contributed by atoms with Crippen molar-refractivity contribution in [3.63, 3.8) is 0 Å². The molecular formula is C11H24N2O. The van der Waals surface area contributed by atoms with Crippen molar-refractivity contribution >= 4 is 0 Å². The summed E-state index contributed by atoms with van der Waals surface area (Å²) in [4.78, 5) is 0. The first-order valence-electron chi connectivity index (χ1n) is 5.80.